The Morgan fingerprint density at radius 3 is 2.75 bits per heavy atom. The molecule has 0 aliphatic heterocycles. The number of hydrogen-bond acceptors (Lipinski definition) is 2. The van der Waals surface area contributed by atoms with Gasteiger partial charge < -0.3 is 5.32 Å². The van der Waals surface area contributed by atoms with Gasteiger partial charge in [0.05, 0.1) is 8.66 Å². The minimum atomic E-state index is 0.0706. The molecule has 0 unspecified atom stereocenters. The Kier molecular flexibility index (Phi) is 4.41. The SMILES string of the molecule is O=C(NCC1CCCCC1)c1ccc(Br)s1. The van der Waals surface area contributed by atoms with E-state index in [1.54, 1.807) is 0 Å². The summed E-state index contributed by atoms with van der Waals surface area (Å²) in [5, 5.41) is 3.03. The molecule has 0 radical (unpaired) electrons. The summed E-state index contributed by atoms with van der Waals surface area (Å²) in [5.41, 5.74) is 0. The quantitative estimate of drug-likeness (QED) is 0.903. The first-order chi connectivity index (χ1) is 7.75. The summed E-state index contributed by atoms with van der Waals surface area (Å²) < 4.78 is 1.01. The molecule has 1 aromatic heterocycles. The van der Waals surface area contributed by atoms with Gasteiger partial charge in [-0.05, 0) is 46.8 Å². The number of carbonyl (C=O) groups is 1. The van der Waals surface area contributed by atoms with Crippen LogP contribution in [0.1, 0.15) is 41.8 Å². The van der Waals surface area contributed by atoms with Crippen molar-refractivity contribution < 1.29 is 4.79 Å². The average Bonchev–Trinajstić information content (AvgIpc) is 2.74. The summed E-state index contributed by atoms with van der Waals surface area (Å²) in [6, 6.07) is 3.78. The van der Waals surface area contributed by atoms with Crippen LogP contribution < -0.4 is 5.32 Å². The monoisotopic (exact) mass is 301 g/mol. The van der Waals surface area contributed by atoms with Gasteiger partial charge in [-0.3, -0.25) is 4.79 Å². The molecule has 0 bridgehead atoms. The number of hydrogen-bond donors (Lipinski definition) is 1. The zero-order valence-corrected chi connectivity index (χ0v) is 11.6. The molecule has 2 rings (SSSR count). The Hall–Kier alpha value is -0.350. The highest BCUT2D eigenvalue weighted by Crippen LogP contribution is 2.24. The topological polar surface area (TPSA) is 29.1 Å². The number of halogens is 1. The third kappa shape index (κ3) is 3.32. The van der Waals surface area contributed by atoms with Crippen molar-refractivity contribution in [3.63, 3.8) is 0 Å². The van der Waals surface area contributed by atoms with E-state index in [2.05, 4.69) is 21.2 Å². The smallest absolute Gasteiger partial charge is 0.261 e. The second-order valence-corrected chi connectivity index (χ2v) is 6.78. The molecule has 1 saturated carbocycles. The van der Waals surface area contributed by atoms with Gasteiger partial charge in [0.1, 0.15) is 0 Å². The molecule has 1 amide bonds. The largest absolute Gasteiger partial charge is 0.351 e. The Bertz CT molecular complexity index is 358. The summed E-state index contributed by atoms with van der Waals surface area (Å²) >= 11 is 4.85. The summed E-state index contributed by atoms with van der Waals surface area (Å²) in [7, 11) is 0. The Morgan fingerprint density at radius 2 is 2.12 bits per heavy atom. The van der Waals surface area contributed by atoms with Crippen molar-refractivity contribution in [2.45, 2.75) is 32.1 Å². The molecular weight excluding hydrogens is 286 g/mol. The molecule has 1 fully saturated rings. The van der Waals surface area contributed by atoms with Crippen LogP contribution in [0.15, 0.2) is 15.9 Å². The molecule has 0 atom stereocenters. The van der Waals surface area contributed by atoms with Crippen LogP contribution in [0.4, 0.5) is 0 Å². The lowest BCUT2D eigenvalue weighted by molar-refractivity contribution is 0.0947. The molecule has 0 spiro atoms. The molecule has 1 aromatic rings. The van der Waals surface area contributed by atoms with E-state index in [4.69, 9.17) is 0 Å². The van der Waals surface area contributed by atoms with E-state index in [-0.39, 0.29) is 5.91 Å². The lowest BCUT2D eigenvalue weighted by atomic mass is 9.89. The summed E-state index contributed by atoms with van der Waals surface area (Å²) in [4.78, 5) is 12.6. The Labute approximate surface area is 109 Å². The highest BCUT2D eigenvalue weighted by Gasteiger charge is 2.15. The van der Waals surface area contributed by atoms with Gasteiger partial charge in [0, 0.05) is 6.54 Å². The Morgan fingerprint density at radius 1 is 1.38 bits per heavy atom. The maximum atomic E-state index is 11.8. The van der Waals surface area contributed by atoms with Gasteiger partial charge in [-0.15, -0.1) is 11.3 Å². The summed E-state index contributed by atoms with van der Waals surface area (Å²) in [5.74, 6) is 0.766. The maximum absolute atomic E-state index is 11.8. The number of thiophene rings is 1. The minimum Gasteiger partial charge on any atom is -0.351 e. The van der Waals surface area contributed by atoms with Crippen LogP contribution >= 0.6 is 27.3 Å². The molecule has 1 N–H and O–H groups in total. The molecule has 88 valence electrons. The molecule has 0 saturated heterocycles. The van der Waals surface area contributed by atoms with Crippen LogP contribution in [-0.4, -0.2) is 12.5 Å². The van der Waals surface area contributed by atoms with E-state index in [9.17, 15) is 4.79 Å². The van der Waals surface area contributed by atoms with Crippen molar-refractivity contribution in [1.29, 1.82) is 0 Å². The molecule has 1 aliphatic carbocycles. The van der Waals surface area contributed by atoms with Crippen molar-refractivity contribution >= 4 is 33.2 Å². The van der Waals surface area contributed by atoms with Crippen LogP contribution in [0.25, 0.3) is 0 Å². The molecule has 1 aliphatic rings. The summed E-state index contributed by atoms with van der Waals surface area (Å²) in [6.07, 6.45) is 6.56. The first kappa shape index (κ1) is 12.1. The normalized spacial score (nSPS) is 17.3. The van der Waals surface area contributed by atoms with E-state index in [0.29, 0.717) is 5.92 Å². The van der Waals surface area contributed by atoms with Crippen LogP contribution in [-0.2, 0) is 0 Å². The zero-order chi connectivity index (χ0) is 11.4. The average molecular weight is 302 g/mol. The Balaban J connectivity index is 1.79. The third-order valence-electron chi connectivity index (χ3n) is 3.07. The zero-order valence-electron chi connectivity index (χ0n) is 9.17. The number of amides is 1. The second kappa shape index (κ2) is 5.82. The van der Waals surface area contributed by atoms with Crippen LogP contribution in [0.5, 0.6) is 0 Å². The summed E-state index contributed by atoms with van der Waals surface area (Å²) in [6.45, 7) is 0.842. The highest BCUT2D eigenvalue weighted by atomic mass is 79.9. The van der Waals surface area contributed by atoms with Crippen molar-refractivity contribution in [3.8, 4) is 0 Å². The fourth-order valence-electron chi connectivity index (χ4n) is 2.15. The number of carbonyl (C=O) groups excluding carboxylic acids is 1. The maximum Gasteiger partial charge on any atom is 0.261 e. The van der Waals surface area contributed by atoms with Crippen molar-refractivity contribution in [3.05, 3.63) is 20.8 Å². The number of nitrogens with one attached hydrogen (secondary N) is 1. The van der Waals surface area contributed by atoms with E-state index >= 15 is 0 Å². The highest BCUT2D eigenvalue weighted by molar-refractivity contribution is 9.11. The lowest BCUT2D eigenvalue weighted by Crippen LogP contribution is -2.29. The van der Waals surface area contributed by atoms with Gasteiger partial charge in [-0.2, -0.15) is 0 Å². The van der Waals surface area contributed by atoms with Gasteiger partial charge in [0.2, 0.25) is 0 Å². The van der Waals surface area contributed by atoms with Crippen molar-refractivity contribution in [1.82, 2.24) is 5.32 Å². The predicted molar refractivity (Wildman–Crippen MR) is 70.9 cm³/mol. The lowest BCUT2D eigenvalue weighted by Gasteiger charge is -2.21. The van der Waals surface area contributed by atoms with Crippen LogP contribution in [0.2, 0.25) is 0 Å². The standard InChI is InChI=1S/C12H16BrNOS/c13-11-7-6-10(16-11)12(15)14-8-9-4-2-1-3-5-9/h6-7,9H,1-5,8H2,(H,14,15). The van der Waals surface area contributed by atoms with E-state index in [0.717, 1.165) is 15.2 Å². The first-order valence-electron chi connectivity index (χ1n) is 5.79. The van der Waals surface area contributed by atoms with E-state index < -0.39 is 0 Å². The van der Waals surface area contributed by atoms with Gasteiger partial charge >= 0.3 is 0 Å². The molecule has 4 heteroatoms. The number of rotatable bonds is 3. The first-order valence-corrected chi connectivity index (χ1v) is 7.40. The third-order valence-corrected chi connectivity index (χ3v) is 4.70. The van der Waals surface area contributed by atoms with Gasteiger partial charge in [0.15, 0.2) is 0 Å². The van der Waals surface area contributed by atoms with Crippen molar-refractivity contribution in [2.75, 3.05) is 6.54 Å². The predicted octanol–water partition coefficient (Wildman–Crippen LogP) is 3.82. The van der Waals surface area contributed by atoms with Crippen LogP contribution in [0, 0.1) is 5.92 Å². The molecule has 16 heavy (non-hydrogen) atoms. The van der Waals surface area contributed by atoms with Crippen molar-refractivity contribution in [2.24, 2.45) is 5.92 Å². The fourth-order valence-corrected chi connectivity index (χ4v) is 3.45. The van der Waals surface area contributed by atoms with Gasteiger partial charge in [-0.1, -0.05) is 19.3 Å². The molecular formula is C12H16BrNOS. The van der Waals surface area contributed by atoms with Crippen LogP contribution in [0.3, 0.4) is 0 Å². The molecule has 0 aromatic carbocycles. The van der Waals surface area contributed by atoms with E-state index in [1.807, 2.05) is 12.1 Å². The minimum absolute atomic E-state index is 0.0706. The van der Waals surface area contributed by atoms with E-state index in [1.165, 1.54) is 43.4 Å². The molecule has 1 heterocycles. The van der Waals surface area contributed by atoms with Gasteiger partial charge in [-0.25, -0.2) is 0 Å². The van der Waals surface area contributed by atoms with Gasteiger partial charge in [0.25, 0.3) is 5.91 Å². The molecule has 2 nitrogen and oxygen atoms in total. The fraction of sp³-hybridized carbons (Fsp3) is 0.583. The second-order valence-electron chi connectivity index (χ2n) is 4.32.